The second-order valence-corrected chi connectivity index (χ2v) is 7.53. The van der Waals surface area contributed by atoms with Gasteiger partial charge in [0.15, 0.2) is 11.5 Å². The molecule has 32 heavy (non-hydrogen) atoms. The van der Waals surface area contributed by atoms with E-state index in [4.69, 9.17) is 13.9 Å². The fraction of sp³-hybridized carbons (Fsp3) is 0.0833. The van der Waals surface area contributed by atoms with E-state index in [9.17, 15) is 14.8 Å². The van der Waals surface area contributed by atoms with Crippen molar-refractivity contribution in [2.24, 2.45) is 0 Å². The van der Waals surface area contributed by atoms with Crippen molar-refractivity contribution in [1.82, 2.24) is 9.30 Å². The van der Waals surface area contributed by atoms with E-state index in [-0.39, 0.29) is 23.7 Å². The van der Waals surface area contributed by atoms with E-state index < -0.39 is 11.2 Å². The summed E-state index contributed by atoms with van der Waals surface area (Å²) in [6, 6.07) is 20.5. The van der Waals surface area contributed by atoms with Crippen LogP contribution in [0, 0.1) is 0 Å². The van der Waals surface area contributed by atoms with Crippen LogP contribution in [-0.4, -0.2) is 21.3 Å². The molecule has 0 saturated heterocycles. The van der Waals surface area contributed by atoms with Crippen LogP contribution in [0.25, 0.3) is 33.2 Å². The van der Waals surface area contributed by atoms with Gasteiger partial charge in [-0.2, -0.15) is 0 Å². The Morgan fingerprint density at radius 1 is 0.875 bits per heavy atom. The molecule has 1 N–H and O–H groups in total. The lowest BCUT2D eigenvalue weighted by molar-refractivity contribution is 0.156. The Bertz CT molecular complexity index is 1640. The number of hydrogen-bond donors (Lipinski definition) is 1. The van der Waals surface area contributed by atoms with Crippen LogP contribution in [-0.2, 0) is 6.54 Å². The van der Waals surface area contributed by atoms with Crippen molar-refractivity contribution in [1.29, 1.82) is 0 Å². The van der Waals surface area contributed by atoms with Crippen LogP contribution in [0.15, 0.2) is 80.7 Å². The number of fused-ring (bicyclic) bond motifs is 4. The summed E-state index contributed by atoms with van der Waals surface area (Å²) >= 11 is 0. The van der Waals surface area contributed by atoms with Gasteiger partial charge in [0.25, 0.3) is 0 Å². The molecular weight excluding hydrogens is 412 g/mol. The summed E-state index contributed by atoms with van der Waals surface area (Å²) in [5, 5.41) is 10.7. The van der Waals surface area contributed by atoms with Crippen LogP contribution in [0.3, 0.4) is 0 Å². The smallest absolute Gasteiger partial charge is 0.365 e. The first-order valence-corrected chi connectivity index (χ1v) is 9.95. The molecule has 1 aliphatic heterocycles. The van der Waals surface area contributed by atoms with Crippen LogP contribution >= 0.6 is 0 Å². The van der Waals surface area contributed by atoms with Gasteiger partial charge in [-0.25, -0.2) is 4.79 Å². The van der Waals surface area contributed by atoms with E-state index in [0.29, 0.717) is 28.0 Å². The van der Waals surface area contributed by atoms with Crippen LogP contribution in [0.5, 0.6) is 11.5 Å². The van der Waals surface area contributed by atoms with E-state index in [1.807, 2.05) is 42.5 Å². The highest BCUT2D eigenvalue weighted by atomic mass is 16.7. The molecule has 0 radical (unpaired) electrons. The van der Waals surface area contributed by atoms with Crippen LogP contribution < -0.4 is 20.7 Å². The van der Waals surface area contributed by atoms with Gasteiger partial charge >= 0.3 is 11.2 Å². The highest BCUT2D eigenvalue weighted by Crippen LogP contribution is 2.36. The standard InChI is InChI=1S/C24H16N2O6/c27-23-22-21(17-6-1-2-7-18(17)32-22)25(24(28)26(23)29)12-14-4-3-5-15(10-14)16-8-9-19-20(11-16)31-13-30-19/h1-11,29H,12-13H2. The fourth-order valence-electron chi connectivity index (χ4n) is 4.09. The van der Waals surface area contributed by atoms with Crippen molar-refractivity contribution in [3.63, 3.8) is 0 Å². The third-order valence-electron chi connectivity index (χ3n) is 5.61. The number of furan rings is 1. The molecule has 0 aliphatic carbocycles. The van der Waals surface area contributed by atoms with Gasteiger partial charge in [0.2, 0.25) is 12.4 Å². The molecule has 0 unspecified atom stereocenters. The molecule has 3 aromatic carbocycles. The minimum Gasteiger partial charge on any atom is -0.454 e. The molecular formula is C24H16N2O6. The van der Waals surface area contributed by atoms with E-state index in [1.54, 1.807) is 24.3 Å². The summed E-state index contributed by atoms with van der Waals surface area (Å²) in [5.41, 5.74) is 1.72. The minimum atomic E-state index is -0.883. The highest BCUT2D eigenvalue weighted by molar-refractivity contribution is 6.02. The van der Waals surface area contributed by atoms with Gasteiger partial charge in [-0.1, -0.05) is 41.1 Å². The Hall–Kier alpha value is -4.46. The maximum atomic E-state index is 12.8. The fourth-order valence-corrected chi connectivity index (χ4v) is 4.09. The lowest BCUT2D eigenvalue weighted by Gasteiger charge is -2.11. The van der Waals surface area contributed by atoms with Crippen molar-refractivity contribution >= 4 is 22.1 Å². The number of benzene rings is 3. The average molecular weight is 428 g/mol. The predicted octanol–water partition coefficient (Wildman–Crippen LogP) is 3.59. The first-order valence-electron chi connectivity index (χ1n) is 9.95. The molecule has 8 nitrogen and oxygen atoms in total. The number of hydrogen-bond acceptors (Lipinski definition) is 6. The molecule has 5 aromatic rings. The molecule has 2 aromatic heterocycles. The number of rotatable bonds is 3. The summed E-state index contributed by atoms with van der Waals surface area (Å²) < 4.78 is 17.9. The Balaban J connectivity index is 1.50. The largest absolute Gasteiger partial charge is 0.454 e. The summed E-state index contributed by atoms with van der Waals surface area (Å²) in [6.07, 6.45) is 0. The summed E-state index contributed by atoms with van der Waals surface area (Å²) in [4.78, 5) is 25.3. The Morgan fingerprint density at radius 2 is 1.69 bits per heavy atom. The Labute approximate surface area is 180 Å². The predicted molar refractivity (Wildman–Crippen MR) is 117 cm³/mol. The maximum Gasteiger partial charge on any atom is 0.365 e. The maximum absolute atomic E-state index is 12.8. The van der Waals surface area contributed by atoms with Gasteiger partial charge in [0, 0.05) is 5.39 Å². The molecule has 1 aliphatic rings. The van der Waals surface area contributed by atoms with Gasteiger partial charge in [-0.3, -0.25) is 9.36 Å². The van der Waals surface area contributed by atoms with Crippen molar-refractivity contribution in [2.45, 2.75) is 6.54 Å². The third-order valence-corrected chi connectivity index (χ3v) is 5.61. The van der Waals surface area contributed by atoms with Gasteiger partial charge in [-0.05, 0) is 47.0 Å². The molecule has 0 amide bonds. The molecule has 8 heteroatoms. The van der Waals surface area contributed by atoms with Crippen LogP contribution in [0.2, 0.25) is 0 Å². The third kappa shape index (κ3) is 2.70. The monoisotopic (exact) mass is 428 g/mol. The first-order chi connectivity index (χ1) is 15.6. The minimum absolute atomic E-state index is 0.0692. The van der Waals surface area contributed by atoms with Crippen molar-refractivity contribution in [3.05, 3.63) is 93.1 Å². The van der Waals surface area contributed by atoms with Crippen molar-refractivity contribution in [2.75, 3.05) is 6.79 Å². The van der Waals surface area contributed by atoms with Gasteiger partial charge < -0.3 is 19.1 Å². The highest BCUT2D eigenvalue weighted by Gasteiger charge is 2.20. The van der Waals surface area contributed by atoms with E-state index in [0.717, 1.165) is 16.7 Å². The number of nitrogens with zero attached hydrogens (tertiary/aromatic N) is 2. The molecule has 0 spiro atoms. The first kappa shape index (κ1) is 18.3. The summed E-state index contributed by atoms with van der Waals surface area (Å²) in [7, 11) is 0. The second-order valence-electron chi connectivity index (χ2n) is 7.53. The Kier molecular flexibility index (Phi) is 3.88. The van der Waals surface area contributed by atoms with E-state index in [2.05, 4.69) is 0 Å². The Morgan fingerprint density at radius 3 is 2.59 bits per heavy atom. The van der Waals surface area contributed by atoms with E-state index >= 15 is 0 Å². The summed E-state index contributed by atoms with van der Waals surface area (Å²) in [6.45, 7) is 0.339. The van der Waals surface area contributed by atoms with Crippen LogP contribution in [0.1, 0.15) is 5.56 Å². The van der Waals surface area contributed by atoms with Crippen LogP contribution in [0.4, 0.5) is 0 Å². The number of aromatic nitrogens is 2. The van der Waals surface area contributed by atoms with E-state index in [1.165, 1.54) is 4.57 Å². The lowest BCUT2D eigenvalue weighted by Crippen LogP contribution is -2.38. The molecule has 0 saturated carbocycles. The zero-order valence-electron chi connectivity index (χ0n) is 16.6. The topological polar surface area (TPSA) is 95.8 Å². The molecule has 0 bridgehead atoms. The zero-order chi connectivity index (χ0) is 21.8. The molecule has 6 rings (SSSR count). The normalized spacial score (nSPS) is 12.6. The molecule has 0 atom stereocenters. The molecule has 158 valence electrons. The number of ether oxygens (including phenoxy) is 2. The molecule has 0 fully saturated rings. The van der Waals surface area contributed by atoms with Gasteiger partial charge in [0.1, 0.15) is 11.1 Å². The number of para-hydroxylation sites is 1. The summed E-state index contributed by atoms with van der Waals surface area (Å²) in [5.74, 6) is 1.39. The van der Waals surface area contributed by atoms with Crippen molar-refractivity contribution < 1.29 is 19.1 Å². The molecule has 3 heterocycles. The van der Waals surface area contributed by atoms with Gasteiger partial charge in [-0.15, -0.1) is 0 Å². The lowest BCUT2D eigenvalue weighted by atomic mass is 10.0. The zero-order valence-corrected chi connectivity index (χ0v) is 16.6. The SMILES string of the molecule is O=c1c2oc3ccccc3c2n(Cc2cccc(-c3ccc4c(c3)OCO4)c2)c(=O)n1O. The van der Waals surface area contributed by atoms with Crippen molar-refractivity contribution in [3.8, 4) is 22.6 Å². The quantitative estimate of drug-likeness (QED) is 0.441. The van der Waals surface area contributed by atoms with Gasteiger partial charge in [0.05, 0.1) is 6.54 Å². The second kappa shape index (κ2) is 6.78. The average Bonchev–Trinajstić information content (AvgIpc) is 3.45.